The molecule has 3 nitrogen and oxygen atoms in total. The molecule has 1 amide bonds. The second kappa shape index (κ2) is 5.45. The highest BCUT2D eigenvalue weighted by molar-refractivity contribution is 5.82. The Kier molecular flexibility index (Phi) is 3.23. The normalized spacial score (nSPS) is 27.5. The average Bonchev–Trinajstić information content (AvgIpc) is 2.68. The summed E-state index contributed by atoms with van der Waals surface area (Å²) in [5.74, 6) is 0.949. The van der Waals surface area contributed by atoms with Gasteiger partial charge in [-0.1, -0.05) is 48.5 Å². The summed E-state index contributed by atoms with van der Waals surface area (Å²) in [5.41, 5.74) is 5.57. The van der Waals surface area contributed by atoms with Crippen LogP contribution in [0.15, 0.2) is 48.5 Å². The fourth-order valence-electron chi connectivity index (χ4n) is 4.90. The van der Waals surface area contributed by atoms with Crippen LogP contribution in [0.4, 0.5) is 0 Å². The van der Waals surface area contributed by atoms with Gasteiger partial charge in [0.25, 0.3) is 0 Å². The second-order valence-electron chi connectivity index (χ2n) is 7.07. The van der Waals surface area contributed by atoms with Crippen molar-refractivity contribution in [3.8, 4) is 0 Å². The van der Waals surface area contributed by atoms with Gasteiger partial charge in [0.15, 0.2) is 0 Å². The summed E-state index contributed by atoms with van der Waals surface area (Å²) in [5, 5.41) is 0. The third kappa shape index (κ3) is 1.97. The molecule has 3 heteroatoms. The van der Waals surface area contributed by atoms with Crippen LogP contribution >= 0.6 is 0 Å². The Morgan fingerprint density at radius 1 is 0.875 bits per heavy atom. The van der Waals surface area contributed by atoms with Crippen molar-refractivity contribution in [1.29, 1.82) is 0 Å². The van der Waals surface area contributed by atoms with Crippen molar-refractivity contribution < 1.29 is 9.53 Å². The number of morpholine rings is 1. The van der Waals surface area contributed by atoms with Crippen molar-refractivity contribution in [3.63, 3.8) is 0 Å². The minimum Gasteiger partial charge on any atom is -0.378 e. The third-order valence-electron chi connectivity index (χ3n) is 5.94. The molecule has 1 atom stereocenters. The van der Waals surface area contributed by atoms with E-state index in [-0.39, 0.29) is 11.8 Å². The smallest absolute Gasteiger partial charge is 0.226 e. The number of fused-ring (bicyclic) bond motifs is 1. The van der Waals surface area contributed by atoms with Crippen LogP contribution in [0.25, 0.3) is 0 Å². The molecule has 1 fully saturated rings. The minimum atomic E-state index is 0.0675. The van der Waals surface area contributed by atoms with Gasteiger partial charge in [-0.2, -0.15) is 0 Å². The maximum absolute atomic E-state index is 13.2. The number of rotatable bonds is 1. The number of benzene rings is 2. The lowest BCUT2D eigenvalue weighted by Crippen LogP contribution is -2.47. The fourth-order valence-corrected chi connectivity index (χ4v) is 4.90. The molecule has 0 unspecified atom stereocenters. The molecule has 0 spiro atoms. The second-order valence-corrected chi connectivity index (χ2v) is 7.07. The maximum Gasteiger partial charge on any atom is 0.226 e. The van der Waals surface area contributed by atoms with Gasteiger partial charge >= 0.3 is 0 Å². The molecule has 0 saturated carbocycles. The van der Waals surface area contributed by atoms with Gasteiger partial charge in [0, 0.05) is 30.8 Å². The zero-order valence-electron chi connectivity index (χ0n) is 13.7. The summed E-state index contributed by atoms with van der Waals surface area (Å²) < 4.78 is 5.42. The van der Waals surface area contributed by atoms with E-state index in [0.717, 1.165) is 19.5 Å². The van der Waals surface area contributed by atoms with Gasteiger partial charge in [-0.15, -0.1) is 0 Å². The van der Waals surface area contributed by atoms with Crippen LogP contribution in [0.3, 0.4) is 0 Å². The van der Waals surface area contributed by atoms with Crippen molar-refractivity contribution in [3.05, 3.63) is 70.8 Å². The van der Waals surface area contributed by atoms with E-state index in [0.29, 0.717) is 25.0 Å². The topological polar surface area (TPSA) is 29.5 Å². The van der Waals surface area contributed by atoms with Gasteiger partial charge in [-0.3, -0.25) is 4.79 Å². The van der Waals surface area contributed by atoms with Crippen molar-refractivity contribution in [2.45, 2.75) is 18.3 Å². The lowest BCUT2D eigenvalue weighted by atomic mass is 9.59. The zero-order chi connectivity index (χ0) is 16.1. The van der Waals surface area contributed by atoms with Crippen LogP contribution in [0, 0.1) is 5.92 Å². The molecule has 6 rings (SSSR count). The number of amides is 1. The Labute approximate surface area is 142 Å². The first-order valence-electron chi connectivity index (χ1n) is 8.89. The van der Waals surface area contributed by atoms with Crippen LogP contribution in [0.1, 0.15) is 40.5 Å². The van der Waals surface area contributed by atoms with Crippen LogP contribution in [0.5, 0.6) is 0 Å². The lowest BCUT2D eigenvalue weighted by molar-refractivity contribution is -0.140. The predicted molar refractivity (Wildman–Crippen MR) is 92.1 cm³/mol. The van der Waals surface area contributed by atoms with E-state index >= 15 is 0 Å². The fraction of sp³-hybridized carbons (Fsp3) is 0.381. The van der Waals surface area contributed by atoms with E-state index in [2.05, 4.69) is 48.5 Å². The van der Waals surface area contributed by atoms with E-state index in [1.165, 1.54) is 22.3 Å². The van der Waals surface area contributed by atoms with Gasteiger partial charge in [0.05, 0.1) is 13.2 Å². The van der Waals surface area contributed by atoms with Gasteiger partial charge in [0.2, 0.25) is 5.91 Å². The van der Waals surface area contributed by atoms with E-state index in [4.69, 9.17) is 4.74 Å². The highest BCUT2D eigenvalue weighted by Crippen LogP contribution is 2.55. The summed E-state index contributed by atoms with van der Waals surface area (Å²) in [7, 11) is 0. The van der Waals surface area contributed by atoms with Crippen LogP contribution < -0.4 is 0 Å². The van der Waals surface area contributed by atoms with E-state index in [9.17, 15) is 4.79 Å². The Hall–Kier alpha value is -2.13. The molecule has 122 valence electrons. The zero-order valence-corrected chi connectivity index (χ0v) is 13.7. The lowest BCUT2D eigenvalue weighted by Gasteiger charge is -2.46. The summed E-state index contributed by atoms with van der Waals surface area (Å²) in [6, 6.07) is 17.4. The molecule has 3 aliphatic carbocycles. The molecule has 1 heterocycles. The van der Waals surface area contributed by atoms with Gasteiger partial charge < -0.3 is 9.64 Å². The molecule has 2 aromatic rings. The largest absolute Gasteiger partial charge is 0.378 e. The number of nitrogens with zero attached hydrogens (tertiary/aromatic N) is 1. The quantitative estimate of drug-likeness (QED) is 0.808. The van der Waals surface area contributed by atoms with E-state index in [1.807, 2.05) is 4.90 Å². The number of carbonyl (C=O) groups is 1. The highest BCUT2D eigenvalue weighted by atomic mass is 16.5. The Morgan fingerprint density at radius 2 is 1.42 bits per heavy atom. The monoisotopic (exact) mass is 319 g/mol. The Bertz CT molecular complexity index is 746. The highest BCUT2D eigenvalue weighted by Gasteiger charge is 2.46. The molecule has 1 aliphatic heterocycles. The number of ether oxygens (including phenoxy) is 1. The summed E-state index contributed by atoms with van der Waals surface area (Å²) in [6.07, 6.45) is 0.939. The first-order valence-corrected chi connectivity index (χ1v) is 8.89. The van der Waals surface area contributed by atoms with Gasteiger partial charge in [-0.25, -0.2) is 0 Å². The van der Waals surface area contributed by atoms with Crippen molar-refractivity contribution in [1.82, 2.24) is 4.90 Å². The Balaban J connectivity index is 1.59. The summed E-state index contributed by atoms with van der Waals surface area (Å²) >= 11 is 0. The van der Waals surface area contributed by atoms with Crippen LogP contribution in [-0.2, 0) is 9.53 Å². The number of hydrogen-bond donors (Lipinski definition) is 0. The van der Waals surface area contributed by atoms with Crippen molar-refractivity contribution in [2.24, 2.45) is 5.92 Å². The molecular formula is C21H21NO2. The molecule has 0 aromatic heterocycles. The van der Waals surface area contributed by atoms with E-state index < -0.39 is 0 Å². The third-order valence-corrected chi connectivity index (χ3v) is 5.94. The average molecular weight is 319 g/mol. The molecule has 1 saturated heterocycles. The van der Waals surface area contributed by atoms with Crippen molar-refractivity contribution in [2.75, 3.05) is 26.3 Å². The molecule has 0 radical (unpaired) electrons. The molecule has 4 aliphatic rings. The van der Waals surface area contributed by atoms with Crippen LogP contribution in [-0.4, -0.2) is 37.1 Å². The SMILES string of the molecule is O=C([C@@H]1CC2c3ccccc3C1c1ccccc12)N1CCOCC1. The molecule has 0 N–H and O–H groups in total. The molecule has 2 aromatic carbocycles. The standard InChI is InChI=1S/C21H21NO2/c23-21(22-9-11-24-12-10-22)19-13-18-14-5-1-3-7-16(14)20(19)17-8-4-2-6-15(17)18/h1-8,18-20H,9-13H2/t18?,19-,20?/m1/s1. The first kappa shape index (κ1) is 14.2. The Morgan fingerprint density at radius 3 is 2.00 bits per heavy atom. The predicted octanol–water partition coefficient (Wildman–Crippen LogP) is 3.14. The van der Waals surface area contributed by atoms with Gasteiger partial charge in [0.1, 0.15) is 0 Å². The number of carbonyl (C=O) groups excluding carboxylic acids is 1. The summed E-state index contributed by atoms with van der Waals surface area (Å²) in [6.45, 7) is 2.80. The molecule has 24 heavy (non-hydrogen) atoms. The maximum atomic E-state index is 13.2. The molecule has 2 bridgehead atoms. The first-order chi connectivity index (χ1) is 11.8. The van der Waals surface area contributed by atoms with Gasteiger partial charge in [-0.05, 0) is 28.7 Å². The minimum absolute atomic E-state index is 0.0675. The number of hydrogen-bond acceptors (Lipinski definition) is 2. The van der Waals surface area contributed by atoms with E-state index in [1.54, 1.807) is 0 Å². The summed E-state index contributed by atoms with van der Waals surface area (Å²) in [4.78, 5) is 15.2. The molecular weight excluding hydrogens is 298 g/mol. The van der Waals surface area contributed by atoms with Crippen molar-refractivity contribution >= 4 is 5.91 Å². The van der Waals surface area contributed by atoms with Crippen LogP contribution in [0.2, 0.25) is 0 Å².